The SMILES string of the molecule is CC(C)Oc1cncc(C(O)c2ccc(Br)c(F)c2)c1. The Bertz CT molecular complexity index is 604. The maximum atomic E-state index is 13.5. The van der Waals surface area contributed by atoms with Crippen LogP contribution in [0.4, 0.5) is 4.39 Å². The molecule has 0 bridgehead atoms. The van der Waals surface area contributed by atoms with Crippen molar-refractivity contribution in [3.05, 3.63) is 58.1 Å². The van der Waals surface area contributed by atoms with E-state index in [1.54, 1.807) is 24.4 Å². The highest BCUT2D eigenvalue weighted by Gasteiger charge is 2.14. The molecule has 0 aliphatic heterocycles. The van der Waals surface area contributed by atoms with Gasteiger partial charge in [0, 0.05) is 11.8 Å². The van der Waals surface area contributed by atoms with Crippen LogP contribution in [-0.2, 0) is 0 Å². The maximum Gasteiger partial charge on any atom is 0.138 e. The molecule has 0 saturated carbocycles. The van der Waals surface area contributed by atoms with Gasteiger partial charge in [-0.3, -0.25) is 4.98 Å². The molecule has 0 aliphatic carbocycles. The molecule has 0 fully saturated rings. The van der Waals surface area contributed by atoms with Crippen molar-refractivity contribution in [3.63, 3.8) is 0 Å². The largest absolute Gasteiger partial charge is 0.489 e. The van der Waals surface area contributed by atoms with E-state index in [0.29, 0.717) is 21.3 Å². The second-order valence-corrected chi connectivity index (χ2v) is 5.55. The molecule has 3 nitrogen and oxygen atoms in total. The molecular formula is C15H15BrFNO2. The number of aliphatic hydroxyl groups is 1. The minimum atomic E-state index is -0.944. The fourth-order valence-corrected chi connectivity index (χ4v) is 2.04. The number of nitrogens with zero attached hydrogens (tertiary/aromatic N) is 1. The third-order valence-corrected chi connectivity index (χ3v) is 3.32. The highest BCUT2D eigenvalue weighted by Crippen LogP contribution is 2.27. The Morgan fingerprint density at radius 1 is 1.20 bits per heavy atom. The van der Waals surface area contributed by atoms with Gasteiger partial charge < -0.3 is 9.84 Å². The highest BCUT2D eigenvalue weighted by atomic mass is 79.9. The van der Waals surface area contributed by atoms with E-state index in [-0.39, 0.29) is 6.10 Å². The lowest BCUT2D eigenvalue weighted by Crippen LogP contribution is -2.07. The lowest BCUT2D eigenvalue weighted by Gasteiger charge is -2.14. The third kappa shape index (κ3) is 3.55. The van der Waals surface area contributed by atoms with Crippen molar-refractivity contribution in [2.75, 3.05) is 0 Å². The molecule has 20 heavy (non-hydrogen) atoms. The smallest absolute Gasteiger partial charge is 0.138 e. The van der Waals surface area contributed by atoms with Crippen molar-refractivity contribution in [3.8, 4) is 5.75 Å². The molecule has 0 amide bonds. The Hall–Kier alpha value is -1.46. The van der Waals surface area contributed by atoms with Crippen LogP contribution in [0.15, 0.2) is 41.1 Å². The minimum Gasteiger partial charge on any atom is -0.489 e. The predicted octanol–water partition coefficient (Wildman–Crippen LogP) is 3.85. The zero-order valence-electron chi connectivity index (χ0n) is 11.2. The summed E-state index contributed by atoms with van der Waals surface area (Å²) in [4.78, 5) is 4.04. The number of halogens is 2. The molecule has 1 aromatic heterocycles. The van der Waals surface area contributed by atoms with Crippen molar-refractivity contribution in [1.82, 2.24) is 4.98 Å². The van der Waals surface area contributed by atoms with Crippen LogP contribution in [0, 0.1) is 5.82 Å². The van der Waals surface area contributed by atoms with Crippen molar-refractivity contribution >= 4 is 15.9 Å². The van der Waals surface area contributed by atoms with Gasteiger partial charge in [0.05, 0.1) is 16.8 Å². The summed E-state index contributed by atoms with van der Waals surface area (Å²) < 4.78 is 19.4. The molecule has 0 radical (unpaired) electrons. The van der Waals surface area contributed by atoms with Crippen LogP contribution in [0.1, 0.15) is 31.1 Å². The van der Waals surface area contributed by atoms with Gasteiger partial charge in [0.15, 0.2) is 0 Å². The summed E-state index contributed by atoms with van der Waals surface area (Å²) in [6.45, 7) is 3.82. The molecular weight excluding hydrogens is 325 g/mol. The van der Waals surface area contributed by atoms with Gasteiger partial charge in [-0.2, -0.15) is 0 Å². The number of rotatable bonds is 4. The van der Waals surface area contributed by atoms with Gasteiger partial charge in [-0.05, 0) is 53.5 Å². The summed E-state index contributed by atoms with van der Waals surface area (Å²) in [5, 5.41) is 10.3. The van der Waals surface area contributed by atoms with Gasteiger partial charge >= 0.3 is 0 Å². The Morgan fingerprint density at radius 3 is 2.60 bits per heavy atom. The lowest BCUT2D eigenvalue weighted by molar-refractivity contribution is 0.215. The van der Waals surface area contributed by atoms with Gasteiger partial charge in [-0.15, -0.1) is 0 Å². The van der Waals surface area contributed by atoms with Crippen LogP contribution in [0.3, 0.4) is 0 Å². The number of hydrogen-bond acceptors (Lipinski definition) is 3. The molecule has 1 atom stereocenters. The Kier molecular flexibility index (Phi) is 4.73. The van der Waals surface area contributed by atoms with Crippen LogP contribution < -0.4 is 4.74 Å². The summed E-state index contributed by atoms with van der Waals surface area (Å²) >= 11 is 3.08. The van der Waals surface area contributed by atoms with Gasteiger partial charge in [-0.25, -0.2) is 4.39 Å². The summed E-state index contributed by atoms with van der Waals surface area (Å²) in [7, 11) is 0. The normalized spacial score (nSPS) is 12.5. The van der Waals surface area contributed by atoms with Crippen molar-refractivity contribution in [1.29, 1.82) is 0 Å². The van der Waals surface area contributed by atoms with Crippen molar-refractivity contribution in [2.45, 2.75) is 26.1 Å². The molecule has 1 aromatic carbocycles. The molecule has 2 aromatic rings. The number of aromatic nitrogens is 1. The van der Waals surface area contributed by atoms with Crippen LogP contribution in [0.25, 0.3) is 0 Å². The molecule has 0 spiro atoms. The van der Waals surface area contributed by atoms with E-state index < -0.39 is 11.9 Å². The molecule has 1 heterocycles. The first kappa shape index (κ1) is 14.9. The van der Waals surface area contributed by atoms with E-state index in [1.165, 1.54) is 12.3 Å². The zero-order chi connectivity index (χ0) is 14.7. The topological polar surface area (TPSA) is 42.4 Å². The minimum absolute atomic E-state index is 0.0225. The summed E-state index contributed by atoms with van der Waals surface area (Å²) in [6, 6.07) is 6.23. The number of pyridine rings is 1. The van der Waals surface area contributed by atoms with Gasteiger partial charge in [0.2, 0.25) is 0 Å². The van der Waals surface area contributed by atoms with E-state index in [2.05, 4.69) is 20.9 Å². The van der Waals surface area contributed by atoms with E-state index in [1.807, 2.05) is 13.8 Å². The van der Waals surface area contributed by atoms with Crippen molar-refractivity contribution in [2.24, 2.45) is 0 Å². The van der Waals surface area contributed by atoms with Crippen LogP contribution in [0.2, 0.25) is 0 Å². The summed E-state index contributed by atoms with van der Waals surface area (Å²) in [5.74, 6) is 0.165. The first-order valence-corrected chi connectivity index (χ1v) is 7.01. The van der Waals surface area contributed by atoms with E-state index in [0.717, 1.165) is 0 Å². The van der Waals surface area contributed by atoms with E-state index in [9.17, 15) is 9.50 Å². The molecule has 2 rings (SSSR count). The number of aliphatic hydroxyl groups excluding tert-OH is 1. The van der Waals surface area contributed by atoms with Crippen LogP contribution >= 0.6 is 15.9 Å². The van der Waals surface area contributed by atoms with Crippen LogP contribution in [0.5, 0.6) is 5.75 Å². The molecule has 1 N–H and O–H groups in total. The molecule has 1 unspecified atom stereocenters. The predicted molar refractivity (Wildman–Crippen MR) is 78.2 cm³/mol. The fourth-order valence-electron chi connectivity index (χ4n) is 1.80. The average Bonchev–Trinajstić information content (AvgIpc) is 2.40. The zero-order valence-corrected chi connectivity index (χ0v) is 12.8. The average molecular weight is 340 g/mol. The van der Waals surface area contributed by atoms with Gasteiger partial charge in [-0.1, -0.05) is 6.07 Å². The lowest BCUT2D eigenvalue weighted by atomic mass is 10.0. The molecule has 106 valence electrons. The molecule has 0 aliphatic rings. The van der Waals surface area contributed by atoms with Crippen LogP contribution in [-0.4, -0.2) is 16.2 Å². The van der Waals surface area contributed by atoms with Crippen molar-refractivity contribution < 1.29 is 14.2 Å². The maximum absolute atomic E-state index is 13.5. The Balaban J connectivity index is 2.28. The van der Waals surface area contributed by atoms with Gasteiger partial charge in [0.1, 0.15) is 17.7 Å². The fraction of sp³-hybridized carbons (Fsp3) is 0.267. The number of ether oxygens (including phenoxy) is 1. The second kappa shape index (κ2) is 6.33. The summed E-state index contributed by atoms with van der Waals surface area (Å²) in [5.41, 5.74) is 1.03. The molecule has 5 heteroatoms. The first-order valence-electron chi connectivity index (χ1n) is 6.22. The monoisotopic (exact) mass is 339 g/mol. The first-order chi connectivity index (χ1) is 9.47. The Labute approximate surface area is 125 Å². The Morgan fingerprint density at radius 2 is 1.95 bits per heavy atom. The quantitative estimate of drug-likeness (QED) is 0.919. The third-order valence-electron chi connectivity index (χ3n) is 2.68. The number of benzene rings is 1. The van der Waals surface area contributed by atoms with E-state index >= 15 is 0 Å². The molecule has 0 saturated heterocycles. The number of hydrogen-bond donors (Lipinski definition) is 1. The van der Waals surface area contributed by atoms with E-state index in [4.69, 9.17) is 4.74 Å². The second-order valence-electron chi connectivity index (χ2n) is 4.70. The highest BCUT2D eigenvalue weighted by molar-refractivity contribution is 9.10. The standard InChI is InChI=1S/C15H15BrFNO2/c1-9(2)20-12-5-11(7-18-8-12)15(19)10-3-4-13(16)14(17)6-10/h3-9,15,19H,1-2H3. The van der Waals surface area contributed by atoms with Gasteiger partial charge in [0.25, 0.3) is 0 Å². The summed E-state index contributed by atoms with van der Waals surface area (Å²) in [6.07, 6.45) is 2.20.